The molecule has 1 aliphatic rings. The number of thiocarbonyl (C=S) groups is 1. The van der Waals surface area contributed by atoms with Gasteiger partial charge in [-0.05, 0) is 43.9 Å². The lowest BCUT2D eigenvalue weighted by molar-refractivity contribution is 0.656. The summed E-state index contributed by atoms with van der Waals surface area (Å²) in [7, 11) is 0. The van der Waals surface area contributed by atoms with Crippen molar-refractivity contribution in [1.29, 1.82) is 0 Å². The van der Waals surface area contributed by atoms with Crippen LogP contribution in [-0.4, -0.2) is 14.5 Å². The summed E-state index contributed by atoms with van der Waals surface area (Å²) in [4.78, 5) is 4.93. The van der Waals surface area contributed by atoms with Gasteiger partial charge in [0.05, 0.1) is 17.7 Å². The summed E-state index contributed by atoms with van der Waals surface area (Å²) in [6.45, 7) is 0. The third kappa shape index (κ3) is 2.32. The van der Waals surface area contributed by atoms with Gasteiger partial charge in [-0.15, -0.1) is 0 Å². The first kappa shape index (κ1) is 12.8. The fourth-order valence-corrected chi connectivity index (χ4v) is 3.12. The molecule has 19 heavy (non-hydrogen) atoms. The second-order valence-electron chi connectivity index (χ2n) is 4.74. The molecule has 3 nitrogen and oxygen atoms in total. The maximum atomic E-state index is 5.84. The zero-order valence-corrected chi connectivity index (χ0v) is 12.8. The van der Waals surface area contributed by atoms with Gasteiger partial charge in [0.15, 0.2) is 0 Å². The van der Waals surface area contributed by atoms with Gasteiger partial charge in [-0.2, -0.15) is 0 Å². The van der Waals surface area contributed by atoms with E-state index in [-0.39, 0.29) is 0 Å². The molecule has 1 aromatic heterocycles. The van der Waals surface area contributed by atoms with Crippen molar-refractivity contribution < 1.29 is 0 Å². The van der Waals surface area contributed by atoms with Gasteiger partial charge in [0.25, 0.3) is 0 Å². The smallest absolute Gasteiger partial charge is 0.106 e. The summed E-state index contributed by atoms with van der Waals surface area (Å²) < 4.78 is 3.11. The van der Waals surface area contributed by atoms with E-state index in [4.69, 9.17) is 18.0 Å². The van der Waals surface area contributed by atoms with Crippen LogP contribution in [0.25, 0.3) is 5.69 Å². The maximum Gasteiger partial charge on any atom is 0.106 e. The second-order valence-corrected chi connectivity index (χ2v) is 6.10. The number of halogens is 1. The molecule has 0 bridgehead atoms. The van der Waals surface area contributed by atoms with E-state index in [0.29, 0.717) is 4.99 Å². The van der Waals surface area contributed by atoms with E-state index >= 15 is 0 Å². The normalized spacial score (nSPS) is 14.2. The van der Waals surface area contributed by atoms with Crippen molar-refractivity contribution in [1.82, 2.24) is 9.55 Å². The Balaban J connectivity index is 2.17. The predicted octanol–water partition coefficient (Wildman–Crippen LogP) is 3.15. The highest BCUT2D eigenvalue weighted by atomic mass is 79.9. The van der Waals surface area contributed by atoms with Crippen LogP contribution >= 0.6 is 28.1 Å². The van der Waals surface area contributed by atoms with E-state index in [1.54, 1.807) is 0 Å². The molecule has 98 valence electrons. The molecule has 0 radical (unpaired) electrons. The molecule has 0 unspecified atom stereocenters. The van der Waals surface area contributed by atoms with E-state index in [0.717, 1.165) is 28.6 Å². The number of nitrogens with two attached hydrogens (primary N) is 1. The molecular weight excluding hydrogens is 322 g/mol. The van der Waals surface area contributed by atoms with Crippen molar-refractivity contribution in [3.8, 4) is 5.69 Å². The van der Waals surface area contributed by atoms with Crippen molar-refractivity contribution in [3.63, 3.8) is 0 Å². The third-order valence-electron chi connectivity index (χ3n) is 3.51. The average Bonchev–Trinajstić information content (AvgIpc) is 2.82. The number of nitrogens with zero attached hydrogens (tertiary/aromatic N) is 2. The van der Waals surface area contributed by atoms with E-state index in [1.165, 1.54) is 24.2 Å². The first-order valence-electron chi connectivity index (χ1n) is 6.31. The molecule has 5 heteroatoms. The third-order valence-corrected chi connectivity index (χ3v) is 4.23. The molecule has 1 heterocycles. The van der Waals surface area contributed by atoms with Gasteiger partial charge in [0, 0.05) is 15.7 Å². The molecule has 3 rings (SSSR count). The van der Waals surface area contributed by atoms with Gasteiger partial charge in [-0.1, -0.05) is 28.1 Å². The molecule has 0 aliphatic heterocycles. The standard InChI is InChI=1S/C14H14BrN3S/c15-9-5-6-12(10(7-9)14(16)19)18-8-17-11-3-1-2-4-13(11)18/h5-8H,1-4H2,(H2,16,19). The van der Waals surface area contributed by atoms with Gasteiger partial charge < -0.3 is 10.3 Å². The highest BCUT2D eigenvalue weighted by molar-refractivity contribution is 9.10. The topological polar surface area (TPSA) is 43.8 Å². The van der Waals surface area contributed by atoms with E-state index in [9.17, 15) is 0 Å². The average molecular weight is 336 g/mol. The Hall–Kier alpha value is -1.20. The molecular formula is C14H14BrN3S. The quantitative estimate of drug-likeness (QED) is 0.857. The van der Waals surface area contributed by atoms with Gasteiger partial charge in [0.1, 0.15) is 4.99 Å². The lowest BCUT2D eigenvalue weighted by atomic mass is 10.0. The highest BCUT2D eigenvalue weighted by Gasteiger charge is 2.18. The molecule has 0 spiro atoms. The van der Waals surface area contributed by atoms with Crippen LogP contribution in [0.3, 0.4) is 0 Å². The number of fused-ring (bicyclic) bond motifs is 1. The molecule has 0 saturated carbocycles. The molecule has 2 N–H and O–H groups in total. The van der Waals surface area contributed by atoms with E-state index in [1.807, 2.05) is 24.5 Å². The van der Waals surface area contributed by atoms with Gasteiger partial charge >= 0.3 is 0 Å². The van der Waals surface area contributed by atoms with Crippen molar-refractivity contribution in [2.75, 3.05) is 0 Å². The molecule has 1 aromatic carbocycles. The zero-order chi connectivity index (χ0) is 13.4. The molecule has 0 fully saturated rings. The number of rotatable bonds is 2. The van der Waals surface area contributed by atoms with Gasteiger partial charge in [0.2, 0.25) is 0 Å². The van der Waals surface area contributed by atoms with Gasteiger partial charge in [-0.3, -0.25) is 0 Å². The SMILES string of the molecule is NC(=S)c1cc(Br)ccc1-n1cnc2c1CCCC2. The number of imidazole rings is 1. The highest BCUT2D eigenvalue weighted by Crippen LogP contribution is 2.26. The summed E-state index contributed by atoms with van der Waals surface area (Å²) >= 11 is 8.62. The molecule has 1 aliphatic carbocycles. The molecule has 0 amide bonds. The summed E-state index contributed by atoms with van der Waals surface area (Å²) in [5.41, 5.74) is 10.3. The van der Waals surface area contributed by atoms with Crippen molar-refractivity contribution >= 4 is 33.1 Å². The zero-order valence-electron chi connectivity index (χ0n) is 10.4. The van der Waals surface area contributed by atoms with Crippen LogP contribution in [-0.2, 0) is 12.8 Å². The first-order valence-corrected chi connectivity index (χ1v) is 7.52. The van der Waals surface area contributed by atoms with Crippen LogP contribution in [0.2, 0.25) is 0 Å². The van der Waals surface area contributed by atoms with Crippen LogP contribution in [0.5, 0.6) is 0 Å². The Morgan fingerprint density at radius 1 is 1.32 bits per heavy atom. The predicted molar refractivity (Wildman–Crippen MR) is 83.8 cm³/mol. The summed E-state index contributed by atoms with van der Waals surface area (Å²) in [5, 5.41) is 0. The molecule has 0 saturated heterocycles. The van der Waals surface area contributed by atoms with Crippen LogP contribution < -0.4 is 5.73 Å². The summed E-state index contributed by atoms with van der Waals surface area (Å²) in [5.74, 6) is 0. The fraction of sp³-hybridized carbons (Fsp3) is 0.286. The number of benzene rings is 1. The van der Waals surface area contributed by atoms with Crippen LogP contribution in [0, 0.1) is 0 Å². The van der Waals surface area contributed by atoms with E-state index in [2.05, 4.69) is 25.5 Å². The molecule has 2 aromatic rings. The summed E-state index contributed by atoms with van der Waals surface area (Å²) in [6.07, 6.45) is 6.48. The van der Waals surface area contributed by atoms with Crippen LogP contribution in [0.4, 0.5) is 0 Å². The van der Waals surface area contributed by atoms with Gasteiger partial charge in [-0.25, -0.2) is 4.98 Å². The summed E-state index contributed by atoms with van der Waals surface area (Å²) in [6, 6.07) is 6.01. The lowest BCUT2D eigenvalue weighted by Gasteiger charge is -2.16. The lowest BCUT2D eigenvalue weighted by Crippen LogP contribution is -2.15. The van der Waals surface area contributed by atoms with Crippen molar-refractivity contribution in [2.24, 2.45) is 5.73 Å². The number of aryl methyl sites for hydroxylation is 1. The Morgan fingerprint density at radius 3 is 2.89 bits per heavy atom. The largest absolute Gasteiger partial charge is 0.389 e. The minimum absolute atomic E-state index is 0.412. The Kier molecular flexibility index (Phi) is 3.41. The maximum absolute atomic E-state index is 5.84. The number of hydrogen-bond acceptors (Lipinski definition) is 2. The second kappa shape index (κ2) is 5.06. The Morgan fingerprint density at radius 2 is 2.11 bits per heavy atom. The van der Waals surface area contributed by atoms with Crippen LogP contribution in [0.1, 0.15) is 29.8 Å². The Labute approximate surface area is 126 Å². The minimum Gasteiger partial charge on any atom is -0.389 e. The minimum atomic E-state index is 0.412. The van der Waals surface area contributed by atoms with Crippen molar-refractivity contribution in [2.45, 2.75) is 25.7 Å². The number of aromatic nitrogens is 2. The Bertz CT molecular complexity index is 648. The monoisotopic (exact) mass is 335 g/mol. The molecule has 0 atom stereocenters. The van der Waals surface area contributed by atoms with Crippen LogP contribution in [0.15, 0.2) is 29.0 Å². The number of hydrogen-bond donors (Lipinski definition) is 1. The first-order chi connectivity index (χ1) is 9.16. The fourth-order valence-electron chi connectivity index (χ4n) is 2.59. The van der Waals surface area contributed by atoms with E-state index < -0.39 is 0 Å². The van der Waals surface area contributed by atoms with Crippen molar-refractivity contribution in [3.05, 3.63) is 46.0 Å².